The fourth-order valence-corrected chi connectivity index (χ4v) is 1.69. The van der Waals surface area contributed by atoms with Crippen LogP contribution in [0.1, 0.15) is 40.5 Å². The molecule has 70 valence electrons. The molecule has 1 heterocycles. The molecule has 0 N–H and O–H groups in total. The van der Waals surface area contributed by atoms with Gasteiger partial charge >= 0.3 is 0 Å². The number of likely N-dealkylation sites (tertiary alicyclic amines) is 1. The van der Waals surface area contributed by atoms with Crippen molar-refractivity contribution >= 4 is 5.91 Å². The van der Waals surface area contributed by atoms with Crippen LogP contribution in [0.5, 0.6) is 0 Å². The monoisotopic (exact) mass is 169 g/mol. The van der Waals surface area contributed by atoms with Crippen LogP contribution in [0.4, 0.5) is 0 Å². The lowest BCUT2D eigenvalue weighted by atomic mass is 9.94. The zero-order chi connectivity index (χ0) is 9.35. The predicted octanol–water partition coefficient (Wildman–Crippen LogP) is 2.04. The molecule has 0 bridgehead atoms. The maximum absolute atomic E-state index is 11.6. The average Bonchev–Trinajstić information content (AvgIpc) is 1.83. The van der Waals surface area contributed by atoms with E-state index in [1.165, 1.54) is 0 Å². The van der Waals surface area contributed by atoms with E-state index in [-0.39, 0.29) is 5.54 Å². The Morgan fingerprint density at radius 3 is 2.42 bits per heavy atom. The number of carbonyl (C=O) groups is 1. The molecule has 0 aromatic carbocycles. The zero-order valence-corrected chi connectivity index (χ0v) is 8.55. The summed E-state index contributed by atoms with van der Waals surface area (Å²) in [5, 5.41) is 0. The van der Waals surface area contributed by atoms with Crippen LogP contribution in [0.3, 0.4) is 0 Å². The van der Waals surface area contributed by atoms with E-state index in [0.717, 1.165) is 19.4 Å². The van der Waals surface area contributed by atoms with Crippen LogP contribution in [0, 0.1) is 5.92 Å². The third-order valence-electron chi connectivity index (χ3n) is 2.48. The van der Waals surface area contributed by atoms with Gasteiger partial charge in [0.1, 0.15) is 0 Å². The first-order valence-corrected chi connectivity index (χ1v) is 4.71. The summed E-state index contributed by atoms with van der Waals surface area (Å²) in [6.45, 7) is 9.38. The number of hydrogen-bond acceptors (Lipinski definition) is 1. The van der Waals surface area contributed by atoms with Crippen molar-refractivity contribution in [2.24, 2.45) is 5.92 Å². The molecule has 0 spiro atoms. The fraction of sp³-hybridized carbons (Fsp3) is 0.900. The summed E-state index contributed by atoms with van der Waals surface area (Å²) in [6, 6.07) is 0. The summed E-state index contributed by atoms with van der Waals surface area (Å²) in [4.78, 5) is 13.6. The van der Waals surface area contributed by atoms with Gasteiger partial charge < -0.3 is 4.90 Å². The highest BCUT2D eigenvalue weighted by molar-refractivity contribution is 5.77. The van der Waals surface area contributed by atoms with Crippen molar-refractivity contribution in [3.63, 3.8) is 0 Å². The normalized spacial score (nSPS) is 26.2. The van der Waals surface area contributed by atoms with Crippen molar-refractivity contribution in [1.82, 2.24) is 4.90 Å². The third-order valence-corrected chi connectivity index (χ3v) is 2.48. The molecule has 0 aromatic rings. The van der Waals surface area contributed by atoms with Gasteiger partial charge in [-0.1, -0.05) is 6.92 Å². The summed E-state index contributed by atoms with van der Waals surface area (Å²) in [5.41, 5.74) is 0.0111. The van der Waals surface area contributed by atoms with Crippen LogP contribution in [-0.4, -0.2) is 22.9 Å². The van der Waals surface area contributed by atoms with Gasteiger partial charge in [-0.2, -0.15) is 0 Å². The molecule has 0 aliphatic carbocycles. The second-order valence-corrected chi connectivity index (χ2v) is 4.81. The van der Waals surface area contributed by atoms with Crippen LogP contribution in [0.2, 0.25) is 0 Å². The topological polar surface area (TPSA) is 20.3 Å². The summed E-state index contributed by atoms with van der Waals surface area (Å²) in [5.74, 6) is 0.900. The minimum absolute atomic E-state index is 0.0111. The Kier molecular flexibility index (Phi) is 2.45. The fourth-order valence-electron chi connectivity index (χ4n) is 1.69. The van der Waals surface area contributed by atoms with E-state index in [0.29, 0.717) is 11.8 Å². The van der Waals surface area contributed by atoms with Crippen molar-refractivity contribution in [3.8, 4) is 0 Å². The minimum Gasteiger partial charge on any atom is -0.338 e. The Morgan fingerprint density at radius 2 is 2.00 bits per heavy atom. The summed E-state index contributed by atoms with van der Waals surface area (Å²) in [7, 11) is 0. The van der Waals surface area contributed by atoms with Crippen molar-refractivity contribution in [1.29, 1.82) is 0 Å². The van der Waals surface area contributed by atoms with Gasteiger partial charge in [-0.15, -0.1) is 0 Å². The van der Waals surface area contributed by atoms with Crippen LogP contribution < -0.4 is 0 Å². The van der Waals surface area contributed by atoms with Crippen molar-refractivity contribution in [3.05, 3.63) is 0 Å². The molecule has 2 heteroatoms. The maximum Gasteiger partial charge on any atom is 0.223 e. The molecule has 1 amide bonds. The van der Waals surface area contributed by atoms with Crippen molar-refractivity contribution in [2.75, 3.05) is 6.54 Å². The highest BCUT2D eigenvalue weighted by Crippen LogP contribution is 2.24. The van der Waals surface area contributed by atoms with Gasteiger partial charge in [-0.3, -0.25) is 4.79 Å². The molecule has 12 heavy (non-hydrogen) atoms. The number of nitrogens with zero attached hydrogens (tertiary/aromatic N) is 1. The molecule has 1 unspecified atom stereocenters. The molecule has 1 atom stereocenters. The van der Waals surface area contributed by atoms with Crippen LogP contribution >= 0.6 is 0 Å². The van der Waals surface area contributed by atoms with Gasteiger partial charge in [0.15, 0.2) is 0 Å². The number of rotatable bonds is 0. The van der Waals surface area contributed by atoms with E-state index < -0.39 is 0 Å². The smallest absolute Gasteiger partial charge is 0.223 e. The lowest BCUT2D eigenvalue weighted by Crippen LogP contribution is -2.49. The van der Waals surface area contributed by atoms with E-state index in [1.807, 2.05) is 4.90 Å². The molecule has 1 aliphatic rings. The Bertz CT molecular complexity index is 181. The Labute approximate surface area is 74.9 Å². The lowest BCUT2D eigenvalue weighted by Gasteiger charge is -2.40. The second kappa shape index (κ2) is 3.08. The molecule has 1 saturated heterocycles. The maximum atomic E-state index is 11.6. The molecule has 0 saturated carbocycles. The largest absolute Gasteiger partial charge is 0.338 e. The number of hydrogen-bond donors (Lipinski definition) is 0. The molecule has 0 radical (unpaired) electrons. The molecular formula is C10H19NO. The Morgan fingerprint density at radius 1 is 1.42 bits per heavy atom. The molecular weight excluding hydrogens is 150 g/mol. The Balaban J connectivity index is 2.63. The molecule has 1 fully saturated rings. The molecule has 1 aliphatic heterocycles. The van der Waals surface area contributed by atoms with E-state index >= 15 is 0 Å². The first-order valence-electron chi connectivity index (χ1n) is 4.71. The predicted molar refractivity (Wildman–Crippen MR) is 49.9 cm³/mol. The second-order valence-electron chi connectivity index (χ2n) is 4.81. The summed E-state index contributed by atoms with van der Waals surface area (Å²) in [6.07, 6.45) is 1.89. The highest BCUT2D eigenvalue weighted by Gasteiger charge is 2.30. The standard InChI is InChI=1S/C10H19NO/c1-8-5-6-11(9(12)7-8)10(2,3)4/h8H,5-7H2,1-4H3. The van der Waals surface area contributed by atoms with Gasteiger partial charge in [0.05, 0.1) is 0 Å². The van der Waals surface area contributed by atoms with Crippen LogP contribution in [-0.2, 0) is 4.79 Å². The molecule has 1 rings (SSSR count). The molecule has 2 nitrogen and oxygen atoms in total. The van der Waals surface area contributed by atoms with Gasteiger partial charge in [-0.25, -0.2) is 0 Å². The summed E-state index contributed by atoms with van der Waals surface area (Å²) < 4.78 is 0. The van der Waals surface area contributed by atoms with Gasteiger partial charge in [0.2, 0.25) is 5.91 Å². The van der Waals surface area contributed by atoms with E-state index in [1.54, 1.807) is 0 Å². The van der Waals surface area contributed by atoms with E-state index in [4.69, 9.17) is 0 Å². The molecule has 0 aromatic heterocycles. The Hall–Kier alpha value is -0.530. The highest BCUT2D eigenvalue weighted by atomic mass is 16.2. The van der Waals surface area contributed by atoms with Crippen molar-refractivity contribution < 1.29 is 4.79 Å². The number of piperidine rings is 1. The number of carbonyl (C=O) groups excluding carboxylic acids is 1. The van der Waals surface area contributed by atoms with Gasteiger partial charge in [-0.05, 0) is 33.1 Å². The van der Waals surface area contributed by atoms with Gasteiger partial charge in [0, 0.05) is 18.5 Å². The first-order chi connectivity index (χ1) is 5.41. The minimum atomic E-state index is 0.0111. The lowest BCUT2D eigenvalue weighted by molar-refractivity contribution is -0.140. The SMILES string of the molecule is CC1CCN(C(C)(C)C)C(=O)C1. The summed E-state index contributed by atoms with van der Waals surface area (Å²) >= 11 is 0. The van der Waals surface area contributed by atoms with Crippen LogP contribution in [0.25, 0.3) is 0 Å². The zero-order valence-electron chi connectivity index (χ0n) is 8.55. The van der Waals surface area contributed by atoms with Gasteiger partial charge in [0.25, 0.3) is 0 Å². The van der Waals surface area contributed by atoms with Crippen LogP contribution in [0.15, 0.2) is 0 Å². The first kappa shape index (κ1) is 9.56. The van der Waals surface area contributed by atoms with E-state index in [2.05, 4.69) is 27.7 Å². The number of amides is 1. The van der Waals surface area contributed by atoms with E-state index in [9.17, 15) is 4.79 Å². The quantitative estimate of drug-likeness (QED) is 0.543. The third kappa shape index (κ3) is 1.99. The van der Waals surface area contributed by atoms with Crippen molar-refractivity contribution in [2.45, 2.75) is 46.1 Å². The average molecular weight is 169 g/mol.